The molecule has 2 aliphatic rings. The number of piperidine rings is 1. The fourth-order valence-electron chi connectivity index (χ4n) is 2.84. The molecule has 0 aromatic rings. The summed E-state index contributed by atoms with van der Waals surface area (Å²) in [4.78, 5) is 29.3. The van der Waals surface area contributed by atoms with Crippen molar-refractivity contribution in [3.05, 3.63) is 0 Å². The van der Waals surface area contributed by atoms with Crippen molar-refractivity contribution in [2.45, 2.75) is 25.4 Å². The molecule has 0 radical (unpaired) electrons. The number of β-amino-alcohol motifs (C(OH)–C–C–N with tert-alkyl or cyclic N) is 1. The molecule has 2 aliphatic heterocycles. The second-order valence-electron chi connectivity index (χ2n) is 5.69. The smallest absolute Gasteiger partial charge is 0.319 e. The van der Waals surface area contributed by atoms with E-state index in [0.29, 0.717) is 26.1 Å². The van der Waals surface area contributed by atoms with Crippen LogP contribution in [0.5, 0.6) is 0 Å². The van der Waals surface area contributed by atoms with E-state index in [1.807, 2.05) is 0 Å². The fourth-order valence-corrected chi connectivity index (χ4v) is 2.84. The molecular weight excluding hydrogens is 246 g/mol. The van der Waals surface area contributed by atoms with E-state index in [2.05, 4.69) is 0 Å². The van der Waals surface area contributed by atoms with Crippen molar-refractivity contribution in [3.63, 3.8) is 0 Å². The van der Waals surface area contributed by atoms with Crippen LogP contribution in [0.25, 0.3) is 0 Å². The molecule has 2 heterocycles. The summed E-state index contributed by atoms with van der Waals surface area (Å²) in [5.74, 6) is -0.0178. The fraction of sp³-hybridized carbons (Fsp3) is 0.846. The topological polar surface area (TPSA) is 64.1 Å². The minimum absolute atomic E-state index is 0.0287. The van der Waals surface area contributed by atoms with Crippen molar-refractivity contribution in [2.75, 3.05) is 40.3 Å². The first kappa shape index (κ1) is 14.1. The zero-order chi connectivity index (χ0) is 14.0. The summed E-state index contributed by atoms with van der Waals surface area (Å²) in [6, 6.07) is -0.0287. The van der Waals surface area contributed by atoms with Gasteiger partial charge >= 0.3 is 6.03 Å². The number of carbonyl (C=O) groups excluding carboxylic acids is 2. The van der Waals surface area contributed by atoms with Crippen molar-refractivity contribution in [2.24, 2.45) is 5.92 Å². The maximum Gasteiger partial charge on any atom is 0.319 e. The highest BCUT2D eigenvalue weighted by Gasteiger charge is 2.34. The van der Waals surface area contributed by atoms with Crippen LogP contribution in [0, 0.1) is 5.92 Å². The number of urea groups is 1. The van der Waals surface area contributed by atoms with E-state index in [9.17, 15) is 14.7 Å². The van der Waals surface area contributed by atoms with Crippen molar-refractivity contribution in [1.82, 2.24) is 14.7 Å². The first-order valence-corrected chi connectivity index (χ1v) is 6.92. The minimum Gasteiger partial charge on any atom is -0.391 e. The standard InChI is InChI=1S/C13H23N3O3/c1-14(2)13(19)16-6-3-4-10(8-16)12(18)15-7-5-11(17)9-15/h10-11,17H,3-9H2,1-2H3/t10?,11-/m0/s1. The Morgan fingerprint density at radius 2 is 1.84 bits per heavy atom. The molecule has 2 rings (SSSR count). The highest BCUT2D eigenvalue weighted by molar-refractivity contribution is 5.81. The quantitative estimate of drug-likeness (QED) is 0.727. The summed E-state index contributed by atoms with van der Waals surface area (Å²) in [7, 11) is 3.45. The van der Waals surface area contributed by atoms with Crippen molar-refractivity contribution >= 4 is 11.9 Å². The lowest BCUT2D eigenvalue weighted by Crippen LogP contribution is -2.49. The second kappa shape index (κ2) is 5.77. The van der Waals surface area contributed by atoms with Gasteiger partial charge < -0.3 is 19.8 Å². The SMILES string of the molecule is CN(C)C(=O)N1CCCC(C(=O)N2CC[C@H](O)C2)C1. The van der Waals surface area contributed by atoms with E-state index in [1.54, 1.807) is 28.8 Å². The van der Waals surface area contributed by atoms with Gasteiger partial charge in [-0.1, -0.05) is 0 Å². The molecule has 1 N–H and O–H groups in total. The molecule has 2 fully saturated rings. The number of hydrogen-bond donors (Lipinski definition) is 1. The molecule has 2 saturated heterocycles. The predicted octanol–water partition coefficient (Wildman–Crippen LogP) is -0.0268. The third-order valence-corrected chi connectivity index (χ3v) is 3.90. The molecule has 108 valence electrons. The monoisotopic (exact) mass is 269 g/mol. The van der Waals surface area contributed by atoms with Crippen LogP contribution in [0.2, 0.25) is 0 Å². The highest BCUT2D eigenvalue weighted by Crippen LogP contribution is 2.22. The third kappa shape index (κ3) is 3.18. The molecule has 0 spiro atoms. The lowest BCUT2D eigenvalue weighted by atomic mass is 9.97. The first-order valence-electron chi connectivity index (χ1n) is 6.92. The van der Waals surface area contributed by atoms with Gasteiger partial charge in [0.2, 0.25) is 5.91 Å². The van der Waals surface area contributed by atoms with Gasteiger partial charge in [-0.15, -0.1) is 0 Å². The summed E-state index contributed by atoms with van der Waals surface area (Å²) in [5, 5.41) is 9.49. The Morgan fingerprint density at radius 3 is 2.42 bits per heavy atom. The van der Waals surface area contributed by atoms with Gasteiger partial charge in [0.05, 0.1) is 12.0 Å². The molecule has 0 aromatic heterocycles. The predicted molar refractivity (Wildman–Crippen MR) is 70.6 cm³/mol. The maximum atomic E-state index is 12.3. The van der Waals surface area contributed by atoms with Crippen molar-refractivity contribution in [3.8, 4) is 0 Å². The molecule has 2 atom stereocenters. The van der Waals surface area contributed by atoms with Crippen LogP contribution in [0.1, 0.15) is 19.3 Å². The molecule has 0 saturated carbocycles. The molecule has 6 heteroatoms. The van der Waals surface area contributed by atoms with Gasteiger partial charge in [0.25, 0.3) is 0 Å². The van der Waals surface area contributed by atoms with Gasteiger partial charge in [-0.2, -0.15) is 0 Å². The van der Waals surface area contributed by atoms with Gasteiger partial charge in [0.1, 0.15) is 0 Å². The van der Waals surface area contributed by atoms with Gasteiger partial charge in [-0.05, 0) is 19.3 Å². The van der Waals surface area contributed by atoms with Crippen LogP contribution in [0.4, 0.5) is 4.79 Å². The third-order valence-electron chi connectivity index (χ3n) is 3.90. The molecule has 19 heavy (non-hydrogen) atoms. The van der Waals surface area contributed by atoms with Crippen LogP contribution in [-0.4, -0.2) is 78.1 Å². The van der Waals surface area contributed by atoms with E-state index in [4.69, 9.17) is 0 Å². The normalized spacial score (nSPS) is 27.5. The summed E-state index contributed by atoms with van der Waals surface area (Å²) in [6.45, 7) is 2.31. The van der Waals surface area contributed by atoms with Gasteiger partial charge in [-0.25, -0.2) is 4.79 Å². The minimum atomic E-state index is -0.382. The summed E-state index contributed by atoms with van der Waals surface area (Å²) in [6.07, 6.45) is 1.99. The van der Waals surface area contributed by atoms with Crippen molar-refractivity contribution in [1.29, 1.82) is 0 Å². The average molecular weight is 269 g/mol. The summed E-state index contributed by atoms with van der Waals surface area (Å²) in [5.41, 5.74) is 0. The number of likely N-dealkylation sites (tertiary alicyclic amines) is 2. The Labute approximate surface area is 114 Å². The zero-order valence-electron chi connectivity index (χ0n) is 11.7. The Kier molecular flexibility index (Phi) is 4.29. The maximum absolute atomic E-state index is 12.3. The Bertz CT molecular complexity index is 359. The number of aliphatic hydroxyl groups is 1. The lowest BCUT2D eigenvalue weighted by Gasteiger charge is -2.35. The Morgan fingerprint density at radius 1 is 1.11 bits per heavy atom. The molecular formula is C13H23N3O3. The van der Waals surface area contributed by atoms with Crippen LogP contribution < -0.4 is 0 Å². The lowest BCUT2D eigenvalue weighted by molar-refractivity contribution is -0.136. The second-order valence-corrected chi connectivity index (χ2v) is 5.69. The Balaban J connectivity index is 1.93. The van der Waals surface area contributed by atoms with E-state index in [1.165, 1.54) is 0 Å². The summed E-state index contributed by atoms with van der Waals surface area (Å²) >= 11 is 0. The number of hydrogen-bond acceptors (Lipinski definition) is 3. The van der Waals surface area contributed by atoms with Gasteiger partial charge in [-0.3, -0.25) is 4.79 Å². The number of nitrogens with zero attached hydrogens (tertiary/aromatic N) is 3. The molecule has 3 amide bonds. The zero-order valence-corrected chi connectivity index (χ0v) is 11.7. The Hall–Kier alpha value is -1.30. The van der Waals surface area contributed by atoms with E-state index in [0.717, 1.165) is 19.4 Å². The number of rotatable bonds is 1. The van der Waals surface area contributed by atoms with Crippen molar-refractivity contribution < 1.29 is 14.7 Å². The van der Waals surface area contributed by atoms with E-state index in [-0.39, 0.29) is 24.0 Å². The number of amides is 3. The number of carbonyl (C=O) groups is 2. The average Bonchev–Trinajstić information content (AvgIpc) is 2.83. The van der Waals surface area contributed by atoms with E-state index < -0.39 is 0 Å². The molecule has 6 nitrogen and oxygen atoms in total. The van der Waals surface area contributed by atoms with E-state index >= 15 is 0 Å². The summed E-state index contributed by atoms with van der Waals surface area (Å²) < 4.78 is 0. The van der Waals surface area contributed by atoms with Crippen LogP contribution >= 0.6 is 0 Å². The highest BCUT2D eigenvalue weighted by atomic mass is 16.3. The van der Waals surface area contributed by atoms with Crippen LogP contribution in [0.15, 0.2) is 0 Å². The molecule has 1 unspecified atom stereocenters. The van der Waals surface area contributed by atoms with Crippen LogP contribution in [-0.2, 0) is 4.79 Å². The molecule has 0 bridgehead atoms. The molecule has 0 aromatic carbocycles. The number of aliphatic hydroxyl groups excluding tert-OH is 1. The van der Waals surface area contributed by atoms with Gasteiger partial charge in [0, 0.05) is 40.3 Å². The first-order chi connectivity index (χ1) is 8.99. The van der Waals surface area contributed by atoms with Crippen LogP contribution in [0.3, 0.4) is 0 Å². The molecule has 0 aliphatic carbocycles. The largest absolute Gasteiger partial charge is 0.391 e. The van der Waals surface area contributed by atoms with Gasteiger partial charge in [0.15, 0.2) is 0 Å².